The zero-order chi connectivity index (χ0) is 19.5. The van der Waals surface area contributed by atoms with Crippen molar-refractivity contribution < 1.29 is 8.95 Å². The molecule has 0 aliphatic heterocycles. The normalized spacial score (nSPS) is 14.8. The standard InChI is InChI=1S/C19H31N3O2SSi/c1-15(21-25(23)19(2,3)4)17-10-8-9-16-13-20-22(18(16)17)14-24-11-12-26(5,6)7/h8-10,13H,11-12,14H2,1-7H3/t25-/m0/s1. The molecule has 0 fully saturated rings. The molecule has 0 bridgehead atoms. The van der Waals surface area contributed by atoms with Gasteiger partial charge in [0.2, 0.25) is 0 Å². The summed E-state index contributed by atoms with van der Waals surface area (Å²) in [7, 11) is -2.40. The van der Waals surface area contributed by atoms with Gasteiger partial charge >= 0.3 is 0 Å². The minimum atomic E-state index is -1.29. The maximum atomic E-state index is 12.4. The molecule has 0 aliphatic rings. The maximum Gasteiger partial charge on any atom is 0.145 e. The molecule has 0 saturated heterocycles. The fourth-order valence-corrected chi connectivity index (χ4v) is 3.75. The summed E-state index contributed by atoms with van der Waals surface area (Å²) in [5, 5.41) is 5.51. The lowest BCUT2D eigenvalue weighted by Crippen LogP contribution is -2.22. The predicted molar refractivity (Wildman–Crippen MR) is 114 cm³/mol. The molecule has 144 valence electrons. The monoisotopic (exact) mass is 393 g/mol. The Labute approximate surface area is 160 Å². The van der Waals surface area contributed by atoms with Crippen molar-refractivity contribution in [3.05, 3.63) is 30.0 Å². The Morgan fingerprint density at radius 1 is 1.31 bits per heavy atom. The van der Waals surface area contributed by atoms with Gasteiger partial charge in [-0.05, 0) is 33.7 Å². The van der Waals surface area contributed by atoms with Crippen LogP contribution in [0.15, 0.2) is 28.8 Å². The van der Waals surface area contributed by atoms with Gasteiger partial charge in [-0.15, -0.1) is 0 Å². The van der Waals surface area contributed by atoms with Crippen LogP contribution in [0.1, 0.15) is 33.3 Å². The van der Waals surface area contributed by atoms with Crippen LogP contribution < -0.4 is 0 Å². The third-order valence-electron chi connectivity index (χ3n) is 4.01. The van der Waals surface area contributed by atoms with E-state index in [0.29, 0.717) is 6.73 Å². The van der Waals surface area contributed by atoms with E-state index in [4.69, 9.17) is 4.74 Å². The molecule has 26 heavy (non-hydrogen) atoms. The molecule has 0 spiro atoms. The van der Waals surface area contributed by atoms with Crippen LogP contribution in [0.5, 0.6) is 0 Å². The lowest BCUT2D eigenvalue weighted by atomic mass is 10.1. The molecule has 0 aliphatic carbocycles. The van der Waals surface area contributed by atoms with Crippen molar-refractivity contribution in [3.63, 3.8) is 0 Å². The molecule has 2 aromatic rings. The van der Waals surface area contributed by atoms with Crippen LogP contribution in [0.2, 0.25) is 25.7 Å². The highest BCUT2D eigenvalue weighted by atomic mass is 32.2. The second kappa shape index (κ2) is 8.15. The molecule has 1 aromatic heterocycles. The Hall–Kier alpha value is -1.31. The van der Waals surface area contributed by atoms with Gasteiger partial charge in [-0.25, -0.2) is 8.89 Å². The topological polar surface area (TPSA) is 56.5 Å². The van der Waals surface area contributed by atoms with Gasteiger partial charge in [0.25, 0.3) is 0 Å². The zero-order valence-electron chi connectivity index (χ0n) is 17.0. The van der Waals surface area contributed by atoms with Gasteiger partial charge in [-0.3, -0.25) is 0 Å². The number of para-hydroxylation sites is 1. The van der Waals surface area contributed by atoms with E-state index in [1.165, 1.54) is 0 Å². The molecule has 7 heteroatoms. The minimum absolute atomic E-state index is 0.380. The summed E-state index contributed by atoms with van der Waals surface area (Å²) in [6, 6.07) is 7.14. The first kappa shape index (κ1) is 21.0. The van der Waals surface area contributed by atoms with E-state index in [2.05, 4.69) is 29.1 Å². The van der Waals surface area contributed by atoms with Crippen molar-refractivity contribution in [2.45, 2.75) is 64.9 Å². The fourth-order valence-electron chi connectivity index (χ4n) is 2.37. The summed E-state index contributed by atoms with van der Waals surface area (Å²) in [4.78, 5) is 0. The summed E-state index contributed by atoms with van der Waals surface area (Å²) in [5.41, 5.74) is 2.69. The third-order valence-corrected chi connectivity index (χ3v) is 7.20. The van der Waals surface area contributed by atoms with Crippen LogP contribution in [0.3, 0.4) is 0 Å². The lowest BCUT2D eigenvalue weighted by molar-refractivity contribution is 0.0817. The van der Waals surface area contributed by atoms with Crippen molar-refractivity contribution >= 4 is 35.7 Å². The van der Waals surface area contributed by atoms with Crippen molar-refractivity contribution in [1.82, 2.24) is 9.78 Å². The van der Waals surface area contributed by atoms with E-state index in [0.717, 1.165) is 34.8 Å². The molecular weight excluding hydrogens is 362 g/mol. The summed E-state index contributed by atoms with van der Waals surface area (Å²) in [5.74, 6) is 0. The summed E-state index contributed by atoms with van der Waals surface area (Å²) < 4.78 is 24.2. The van der Waals surface area contributed by atoms with Crippen LogP contribution in [0.25, 0.3) is 10.9 Å². The Kier molecular flexibility index (Phi) is 6.58. The molecular formula is C19H31N3O2SSi. The Balaban J connectivity index is 2.27. The van der Waals surface area contributed by atoms with Crippen LogP contribution in [-0.2, 0) is 22.5 Å². The highest BCUT2D eigenvalue weighted by Crippen LogP contribution is 2.21. The summed E-state index contributed by atoms with van der Waals surface area (Å²) >= 11 is 0. The minimum Gasteiger partial charge on any atom is -0.360 e. The number of hydrogen-bond donors (Lipinski definition) is 0. The zero-order valence-corrected chi connectivity index (χ0v) is 18.8. The highest BCUT2D eigenvalue weighted by molar-refractivity contribution is 7.85. The molecule has 1 aromatic carbocycles. The van der Waals surface area contributed by atoms with Gasteiger partial charge in [-0.1, -0.05) is 37.8 Å². The van der Waals surface area contributed by atoms with E-state index in [9.17, 15) is 4.21 Å². The molecule has 1 atom stereocenters. The van der Waals surface area contributed by atoms with Gasteiger partial charge in [0.05, 0.1) is 22.2 Å². The van der Waals surface area contributed by atoms with Gasteiger partial charge < -0.3 is 4.74 Å². The Morgan fingerprint density at radius 3 is 2.62 bits per heavy atom. The molecule has 2 rings (SSSR count). The quantitative estimate of drug-likeness (QED) is 0.392. The molecule has 0 saturated carbocycles. The number of fused-ring (bicyclic) bond motifs is 1. The average molecular weight is 394 g/mol. The number of ether oxygens (including phenoxy) is 1. The molecule has 0 radical (unpaired) electrons. The van der Waals surface area contributed by atoms with Crippen molar-refractivity contribution in [2.24, 2.45) is 4.40 Å². The third kappa shape index (κ3) is 5.59. The highest BCUT2D eigenvalue weighted by Gasteiger charge is 2.20. The first-order chi connectivity index (χ1) is 12.0. The number of aromatic nitrogens is 2. The molecule has 1 heterocycles. The van der Waals surface area contributed by atoms with E-state index >= 15 is 0 Å². The first-order valence-corrected chi connectivity index (χ1v) is 13.8. The second-order valence-corrected chi connectivity index (χ2v) is 16.3. The largest absolute Gasteiger partial charge is 0.360 e. The van der Waals surface area contributed by atoms with Crippen molar-refractivity contribution in [2.75, 3.05) is 6.61 Å². The predicted octanol–water partition coefficient (Wildman–Crippen LogP) is 4.62. The van der Waals surface area contributed by atoms with Gasteiger partial charge in [-0.2, -0.15) is 9.50 Å². The molecule has 0 N–H and O–H groups in total. The van der Waals surface area contributed by atoms with E-state index in [-0.39, 0.29) is 4.75 Å². The Bertz CT molecular complexity index is 816. The van der Waals surface area contributed by atoms with Crippen molar-refractivity contribution in [1.29, 1.82) is 0 Å². The average Bonchev–Trinajstić information content (AvgIpc) is 2.92. The summed E-state index contributed by atoms with van der Waals surface area (Å²) in [6.45, 7) is 15.9. The van der Waals surface area contributed by atoms with E-state index in [1.807, 2.05) is 56.8 Å². The molecule has 0 amide bonds. The SMILES string of the molecule is CC(=N[S@@](=O)C(C)(C)C)c1cccc2cnn(COCC[Si](C)(C)C)c12. The fraction of sp³-hybridized carbons (Fsp3) is 0.579. The number of nitrogens with zero attached hydrogens (tertiary/aromatic N) is 3. The summed E-state index contributed by atoms with van der Waals surface area (Å²) in [6.07, 6.45) is 1.84. The second-order valence-electron chi connectivity index (χ2n) is 8.77. The van der Waals surface area contributed by atoms with Crippen LogP contribution in [0.4, 0.5) is 0 Å². The van der Waals surface area contributed by atoms with E-state index < -0.39 is 19.1 Å². The van der Waals surface area contributed by atoms with Gasteiger partial charge in [0.1, 0.15) is 17.7 Å². The van der Waals surface area contributed by atoms with Crippen LogP contribution in [-0.4, -0.2) is 39.1 Å². The lowest BCUT2D eigenvalue weighted by Gasteiger charge is -2.16. The van der Waals surface area contributed by atoms with E-state index in [1.54, 1.807) is 0 Å². The first-order valence-electron chi connectivity index (χ1n) is 8.99. The van der Waals surface area contributed by atoms with Gasteiger partial charge in [0, 0.05) is 25.6 Å². The van der Waals surface area contributed by atoms with Gasteiger partial charge in [0.15, 0.2) is 0 Å². The number of rotatable bonds is 7. The van der Waals surface area contributed by atoms with Crippen LogP contribution in [0, 0.1) is 0 Å². The van der Waals surface area contributed by atoms with Crippen LogP contribution >= 0.6 is 0 Å². The van der Waals surface area contributed by atoms with Crippen molar-refractivity contribution in [3.8, 4) is 0 Å². The number of benzene rings is 1. The molecule has 5 nitrogen and oxygen atoms in total. The number of hydrogen-bond acceptors (Lipinski definition) is 3. The smallest absolute Gasteiger partial charge is 0.145 e. The Morgan fingerprint density at radius 2 is 2.00 bits per heavy atom. The molecule has 0 unspecified atom stereocenters. The maximum absolute atomic E-state index is 12.4.